The fraction of sp³-hybridized carbons (Fsp3) is 0.278. The first-order chi connectivity index (χ1) is 13.5. The lowest BCUT2D eigenvalue weighted by Gasteiger charge is -2.17. The van der Waals surface area contributed by atoms with Gasteiger partial charge < -0.3 is 15.2 Å². The van der Waals surface area contributed by atoms with Crippen molar-refractivity contribution < 1.29 is 8.42 Å². The Morgan fingerprint density at radius 1 is 1.07 bits per heavy atom. The van der Waals surface area contributed by atoms with Crippen molar-refractivity contribution in [2.75, 3.05) is 28.0 Å². The lowest BCUT2D eigenvalue weighted by Crippen LogP contribution is -2.19. The van der Waals surface area contributed by atoms with Crippen LogP contribution in [-0.4, -0.2) is 41.4 Å². The minimum atomic E-state index is -3.68. The van der Waals surface area contributed by atoms with Gasteiger partial charge in [0.25, 0.3) is 10.0 Å². The van der Waals surface area contributed by atoms with Crippen LogP contribution in [0.5, 0.6) is 0 Å². The predicted octanol–water partition coefficient (Wildman–Crippen LogP) is 2.65. The summed E-state index contributed by atoms with van der Waals surface area (Å²) in [4.78, 5) is 17.6. The molecule has 2 aromatic heterocycles. The number of aromatic amines is 1. The topological polar surface area (TPSA) is 116 Å². The summed E-state index contributed by atoms with van der Waals surface area (Å²) in [5.41, 5.74) is 2.11. The Hall–Kier alpha value is -3.14. The molecule has 0 spiro atoms. The second kappa shape index (κ2) is 7.47. The van der Waals surface area contributed by atoms with Gasteiger partial charge in [-0.05, 0) is 44.0 Å². The Morgan fingerprint density at radius 2 is 1.79 bits per heavy atom. The van der Waals surface area contributed by atoms with Crippen LogP contribution in [0.2, 0.25) is 0 Å². The number of hydrogen-bond donors (Lipinski definition) is 3. The minimum absolute atomic E-state index is 0.0114. The van der Waals surface area contributed by atoms with Crippen LogP contribution < -0.4 is 14.9 Å². The van der Waals surface area contributed by atoms with Gasteiger partial charge in [-0.3, -0.25) is 4.72 Å². The van der Waals surface area contributed by atoms with E-state index >= 15 is 0 Å². The number of rotatable bonds is 6. The van der Waals surface area contributed by atoms with E-state index in [1.54, 1.807) is 24.3 Å². The standard InChI is InChI=1S/C18H21N7O2S/c1-13-10-16(25-8-2-3-9-25)23-18(21-13)22-14-4-6-15(7-5-14)24-28(26,27)17-11-19-12-20-17/h4-7,10-12,24H,2-3,8-9H2,1H3,(H,19,20)(H,21,22,23). The van der Waals surface area contributed by atoms with Crippen molar-refractivity contribution in [2.24, 2.45) is 0 Å². The number of hydrogen-bond acceptors (Lipinski definition) is 7. The number of nitrogens with one attached hydrogen (secondary N) is 3. The highest BCUT2D eigenvalue weighted by molar-refractivity contribution is 7.92. The van der Waals surface area contributed by atoms with Crippen LogP contribution in [0.4, 0.5) is 23.1 Å². The maximum atomic E-state index is 12.2. The number of benzene rings is 1. The quantitative estimate of drug-likeness (QED) is 0.583. The van der Waals surface area contributed by atoms with Crippen LogP contribution in [0.3, 0.4) is 0 Å². The monoisotopic (exact) mass is 399 g/mol. The minimum Gasteiger partial charge on any atom is -0.356 e. The molecular weight excluding hydrogens is 378 g/mol. The van der Waals surface area contributed by atoms with E-state index in [-0.39, 0.29) is 5.03 Å². The first kappa shape index (κ1) is 18.2. The number of sulfonamides is 1. The number of aromatic nitrogens is 4. The average molecular weight is 399 g/mol. The van der Waals surface area contributed by atoms with Gasteiger partial charge in [-0.25, -0.2) is 9.97 Å². The van der Waals surface area contributed by atoms with Crippen LogP contribution in [0.25, 0.3) is 0 Å². The van der Waals surface area contributed by atoms with Crippen LogP contribution in [0.1, 0.15) is 18.5 Å². The largest absolute Gasteiger partial charge is 0.356 e. The van der Waals surface area contributed by atoms with Crippen LogP contribution in [-0.2, 0) is 10.0 Å². The summed E-state index contributed by atoms with van der Waals surface area (Å²) in [5.74, 6) is 1.45. The molecular formula is C18H21N7O2S. The average Bonchev–Trinajstić information content (AvgIpc) is 3.37. The van der Waals surface area contributed by atoms with E-state index in [0.717, 1.165) is 30.3 Å². The third-order valence-electron chi connectivity index (χ3n) is 4.43. The highest BCUT2D eigenvalue weighted by Crippen LogP contribution is 2.23. The van der Waals surface area contributed by atoms with Gasteiger partial charge in [0.1, 0.15) is 5.82 Å². The molecule has 0 amide bonds. The molecule has 3 aromatic rings. The SMILES string of the molecule is Cc1cc(N2CCCC2)nc(Nc2ccc(NS(=O)(=O)c3cnc[nH]3)cc2)n1. The van der Waals surface area contributed by atoms with E-state index in [9.17, 15) is 8.42 Å². The summed E-state index contributed by atoms with van der Waals surface area (Å²) in [6, 6.07) is 8.88. The van der Waals surface area contributed by atoms with E-state index in [0.29, 0.717) is 11.6 Å². The Morgan fingerprint density at radius 3 is 2.46 bits per heavy atom. The van der Waals surface area contributed by atoms with E-state index in [1.165, 1.54) is 25.4 Å². The Balaban J connectivity index is 1.48. The third-order valence-corrected chi connectivity index (χ3v) is 5.73. The molecule has 0 unspecified atom stereocenters. The number of anilines is 4. The number of aryl methyl sites for hydroxylation is 1. The lowest BCUT2D eigenvalue weighted by atomic mass is 10.3. The fourth-order valence-electron chi connectivity index (χ4n) is 3.07. The van der Waals surface area contributed by atoms with Crippen molar-refractivity contribution in [1.82, 2.24) is 19.9 Å². The van der Waals surface area contributed by atoms with Gasteiger partial charge in [0.2, 0.25) is 5.95 Å². The molecule has 9 nitrogen and oxygen atoms in total. The molecule has 1 fully saturated rings. The summed E-state index contributed by atoms with van der Waals surface area (Å²) in [6.07, 6.45) is 4.94. The molecule has 0 atom stereocenters. The van der Waals surface area contributed by atoms with Gasteiger partial charge >= 0.3 is 0 Å². The van der Waals surface area contributed by atoms with Crippen LogP contribution in [0.15, 0.2) is 47.9 Å². The highest BCUT2D eigenvalue weighted by atomic mass is 32.2. The zero-order valence-electron chi connectivity index (χ0n) is 15.4. The van der Waals surface area contributed by atoms with Crippen molar-refractivity contribution >= 4 is 33.2 Å². The first-order valence-electron chi connectivity index (χ1n) is 8.98. The summed E-state index contributed by atoms with van der Waals surface area (Å²) < 4.78 is 26.9. The second-order valence-electron chi connectivity index (χ2n) is 6.61. The number of nitrogens with zero attached hydrogens (tertiary/aromatic N) is 4. The lowest BCUT2D eigenvalue weighted by molar-refractivity contribution is 0.598. The Kier molecular flexibility index (Phi) is 4.86. The van der Waals surface area contributed by atoms with E-state index < -0.39 is 10.0 Å². The van der Waals surface area contributed by atoms with Crippen molar-refractivity contribution in [3.05, 3.63) is 48.5 Å². The van der Waals surface area contributed by atoms with Gasteiger partial charge in [-0.2, -0.15) is 13.4 Å². The van der Waals surface area contributed by atoms with Gasteiger partial charge in [0, 0.05) is 36.2 Å². The molecule has 4 rings (SSSR count). The van der Waals surface area contributed by atoms with Crippen LogP contribution in [0, 0.1) is 6.92 Å². The summed E-state index contributed by atoms with van der Waals surface area (Å²) >= 11 is 0. The predicted molar refractivity (Wildman–Crippen MR) is 107 cm³/mol. The van der Waals surface area contributed by atoms with Crippen molar-refractivity contribution in [2.45, 2.75) is 24.8 Å². The Labute approximate surface area is 163 Å². The summed E-state index contributed by atoms with van der Waals surface area (Å²) in [5, 5.41) is 3.20. The number of imidazole rings is 1. The molecule has 1 aromatic carbocycles. The summed E-state index contributed by atoms with van der Waals surface area (Å²) in [7, 11) is -3.68. The van der Waals surface area contributed by atoms with Crippen molar-refractivity contribution in [1.29, 1.82) is 0 Å². The number of H-pyrrole nitrogens is 1. The van der Waals surface area contributed by atoms with Crippen LogP contribution >= 0.6 is 0 Å². The van der Waals surface area contributed by atoms with Gasteiger partial charge in [0.15, 0.2) is 5.03 Å². The molecule has 3 heterocycles. The molecule has 0 radical (unpaired) electrons. The first-order valence-corrected chi connectivity index (χ1v) is 10.5. The van der Waals surface area contributed by atoms with Gasteiger partial charge in [-0.15, -0.1) is 0 Å². The molecule has 0 bridgehead atoms. The smallest absolute Gasteiger partial charge is 0.278 e. The molecule has 1 aliphatic heterocycles. The van der Waals surface area contributed by atoms with Crippen molar-refractivity contribution in [3.63, 3.8) is 0 Å². The zero-order chi connectivity index (χ0) is 19.6. The van der Waals surface area contributed by atoms with Gasteiger partial charge in [0.05, 0.1) is 12.5 Å². The van der Waals surface area contributed by atoms with E-state index in [1.807, 2.05) is 13.0 Å². The molecule has 10 heteroatoms. The molecule has 0 aliphatic carbocycles. The normalized spacial score (nSPS) is 14.2. The summed E-state index contributed by atoms with van der Waals surface area (Å²) in [6.45, 7) is 3.97. The molecule has 1 saturated heterocycles. The molecule has 146 valence electrons. The fourth-order valence-corrected chi connectivity index (χ4v) is 4.03. The molecule has 1 aliphatic rings. The Bertz CT molecular complexity index is 1040. The molecule has 3 N–H and O–H groups in total. The van der Waals surface area contributed by atoms with E-state index in [4.69, 9.17) is 0 Å². The zero-order valence-corrected chi connectivity index (χ0v) is 16.2. The highest BCUT2D eigenvalue weighted by Gasteiger charge is 2.16. The molecule has 0 saturated carbocycles. The van der Waals surface area contributed by atoms with Crippen molar-refractivity contribution in [3.8, 4) is 0 Å². The third kappa shape index (κ3) is 4.06. The van der Waals surface area contributed by atoms with E-state index in [2.05, 4.69) is 34.9 Å². The second-order valence-corrected chi connectivity index (χ2v) is 8.26. The van der Waals surface area contributed by atoms with Gasteiger partial charge in [-0.1, -0.05) is 0 Å². The maximum Gasteiger partial charge on any atom is 0.278 e. The maximum absolute atomic E-state index is 12.2. The molecule has 28 heavy (non-hydrogen) atoms.